The predicted molar refractivity (Wildman–Crippen MR) is 120 cm³/mol. The summed E-state index contributed by atoms with van der Waals surface area (Å²) < 4.78 is 38.3. The van der Waals surface area contributed by atoms with Crippen LogP contribution in [0.25, 0.3) is 0 Å². The van der Waals surface area contributed by atoms with E-state index >= 15 is 0 Å². The first kappa shape index (κ1) is 31.4. The van der Waals surface area contributed by atoms with Gasteiger partial charge in [-0.3, -0.25) is 24.0 Å². The average Bonchev–Trinajstić information content (AvgIpc) is 3.08. The normalized spacial score (nSPS) is 34.6. The Morgan fingerprint density at radius 3 is 1.61 bits per heavy atom. The Balaban J connectivity index is 2.58. The van der Waals surface area contributed by atoms with Crippen LogP contribution in [0.2, 0.25) is 0 Å². The molecule has 1 heterocycles. The molecular formula is C23H34O15. The van der Waals surface area contributed by atoms with Gasteiger partial charge in [0.25, 0.3) is 0 Å². The maximum absolute atomic E-state index is 12.0. The molecule has 0 radical (unpaired) electrons. The van der Waals surface area contributed by atoms with E-state index in [9.17, 15) is 39.3 Å². The molecule has 9 atom stereocenters. The van der Waals surface area contributed by atoms with E-state index in [1.54, 1.807) is 0 Å². The number of aliphatic hydroxyl groups is 3. The van der Waals surface area contributed by atoms with Gasteiger partial charge in [-0.25, -0.2) is 0 Å². The van der Waals surface area contributed by atoms with Gasteiger partial charge in [0.2, 0.25) is 0 Å². The molecule has 0 aromatic heterocycles. The molecule has 0 spiro atoms. The second-order valence-electron chi connectivity index (χ2n) is 9.04. The molecule has 0 aromatic carbocycles. The molecule has 1 saturated heterocycles. The lowest BCUT2D eigenvalue weighted by atomic mass is 9.95. The van der Waals surface area contributed by atoms with Gasteiger partial charge in [0.05, 0.1) is 13.2 Å². The van der Waals surface area contributed by atoms with E-state index in [4.69, 9.17) is 33.2 Å². The maximum atomic E-state index is 12.0. The van der Waals surface area contributed by atoms with E-state index in [1.807, 2.05) is 0 Å². The van der Waals surface area contributed by atoms with Crippen molar-refractivity contribution in [2.45, 2.75) is 89.6 Å². The van der Waals surface area contributed by atoms with Gasteiger partial charge in [-0.2, -0.15) is 0 Å². The molecule has 1 aliphatic heterocycles. The molecule has 2 rings (SSSR count). The zero-order valence-electron chi connectivity index (χ0n) is 21.7. The molecule has 3 N–H and O–H groups in total. The van der Waals surface area contributed by atoms with Crippen molar-refractivity contribution in [1.82, 2.24) is 0 Å². The molecule has 1 saturated carbocycles. The van der Waals surface area contributed by atoms with Crippen molar-refractivity contribution >= 4 is 29.8 Å². The fourth-order valence-electron chi connectivity index (χ4n) is 4.73. The van der Waals surface area contributed by atoms with Crippen LogP contribution in [0.4, 0.5) is 0 Å². The minimum absolute atomic E-state index is 0.224. The molecular weight excluding hydrogens is 516 g/mol. The van der Waals surface area contributed by atoms with E-state index in [2.05, 4.69) is 0 Å². The third-order valence-electron chi connectivity index (χ3n) is 6.01. The van der Waals surface area contributed by atoms with E-state index in [0.29, 0.717) is 0 Å². The highest BCUT2D eigenvalue weighted by atomic mass is 16.7. The van der Waals surface area contributed by atoms with Crippen molar-refractivity contribution < 1.29 is 72.5 Å². The molecule has 216 valence electrons. The van der Waals surface area contributed by atoms with Crippen LogP contribution in [0.15, 0.2) is 0 Å². The summed E-state index contributed by atoms with van der Waals surface area (Å²) in [5.41, 5.74) is -1.89. The lowest BCUT2D eigenvalue weighted by molar-refractivity contribution is -0.341. The number of aliphatic hydroxyl groups excluding tert-OH is 3. The van der Waals surface area contributed by atoms with Crippen molar-refractivity contribution in [1.29, 1.82) is 0 Å². The monoisotopic (exact) mass is 550 g/mol. The van der Waals surface area contributed by atoms with Crippen LogP contribution in [0.1, 0.15) is 41.0 Å². The third kappa shape index (κ3) is 7.38. The highest BCUT2D eigenvalue weighted by Crippen LogP contribution is 2.44. The number of hydrogen-bond acceptors (Lipinski definition) is 15. The lowest BCUT2D eigenvalue weighted by Crippen LogP contribution is -2.65. The van der Waals surface area contributed by atoms with Crippen LogP contribution in [-0.4, -0.2) is 114 Å². The first-order valence-corrected chi connectivity index (χ1v) is 11.8. The smallest absolute Gasteiger partial charge is 0.303 e. The Morgan fingerprint density at radius 2 is 1.16 bits per heavy atom. The number of hydrogen-bond donors (Lipinski definition) is 3. The molecule has 15 heteroatoms. The molecule has 2 aliphatic rings. The number of rotatable bonds is 10. The van der Waals surface area contributed by atoms with Gasteiger partial charge in [-0.1, -0.05) is 0 Å². The maximum Gasteiger partial charge on any atom is 0.303 e. The first-order chi connectivity index (χ1) is 17.8. The third-order valence-corrected chi connectivity index (χ3v) is 6.01. The summed E-state index contributed by atoms with van der Waals surface area (Å²) in [5, 5.41) is 30.4. The highest BCUT2D eigenvalue weighted by Gasteiger charge is 2.62. The molecule has 6 unspecified atom stereocenters. The van der Waals surface area contributed by atoms with Crippen molar-refractivity contribution in [3.63, 3.8) is 0 Å². The summed E-state index contributed by atoms with van der Waals surface area (Å²) in [6.45, 7) is 3.15. The van der Waals surface area contributed by atoms with Crippen LogP contribution >= 0.6 is 0 Å². The Hall–Kier alpha value is -2.85. The molecule has 0 amide bonds. The van der Waals surface area contributed by atoms with Crippen molar-refractivity contribution in [2.75, 3.05) is 19.8 Å². The number of esters is 5. The summed E-state index contributed by atoms with van der Waals surface area (Å²) >= 11 is 0. The van der Waals surface area contributed by atoms with E-state index in [0.717, 1.165) is 34.6 Å². The van der Waals surface area contributed by atoms with E-state index in [1.165, 1.54) is 0 Å². The number of ether oxygens (including phenoxy) is 7. The summed E-state index contributed by atoms with van der Waals surface area (Å²) in [4.78, 5) is 59.4. The number of carbonyl (C=O) groups excluding carboxylic acids is 5. The SMILES string of the molecule is CC(=O)OC1C(CO)OC(O[C@]2(CO)CC(CO)[C@H](OC(C)=O)[C@H]2OC(C)=O)C(OC(C)=O)C1OC(C)=O. The first-order valence-electron chi connectivity index (χ1n) is 11.8. The van der Waals surface area contributed by atoms with Crippen LogP contribution in [-0.2, 0) is 57.1 Å². The Kier molecular flexibility index (Phi) is 11.0. The largest absolute Gasteiger partial charge is 0.458 e. The Labute approximate surface area is 218 Å². The minimum Gasteiger partial charge on any atom is -0.458 e. The summed E-state index contributed by atoms with van der Waals surface area (Å²) in [7, 11) is 0. The van der Waals surface area contributed by atoms with Gasteiger partial charge in [-0.15, -0.1) is 0 Å². The zero-order valence-corrected chi connectivity index (χ0v) is 21.7. The predicted octanol–water partition coefficient (Wildman–Crippen LogP) is -1.88. The highest BCUT2D eigenvalue weighted by molar-refractivity contribution is 5.69. The zero-order chi connectivity index (χ0) is 28.8. The summed E-state index contributed by atoms with van der Waals surface area (Å²) in [6, 6.07) is 0. The van der Waals surface area contributed by atoms with E-state index in [-0.39, 0.29) is 6.42 Å². The molecule has 0 aromatic rings. The number of carbonyl (C=O) groups is 5. The molecule has 0 bridgehead atoms. The van der Waals surface area contributed by atoms with Crippen molar-refractivity contribution in [2.24, 2.45) is 5.92 Å². The second-order valence-corrected chi connectivity index (χ2v) is 9.04. The fourth-order valence-corrected chi connectivity index (χ4v) is 4.73. The summed E-state index contributed by atoms with van der Waals surface area (Å²) in [6.07, 6.45) is -10.5. The molecule has 15 nitrogen and oxygen atoms in total. The van der Waals surface area contributed by atoms with Crippen LogP contribution in [0, 0.1) is 5.92 Å². The average molecular weight is 551 g/mol. The minimum atomic E-state index is -1.89. The van der Waals surface area contributed by atoms with Crippen molar-refractivity contribution in [3.05, 3.63) is 0 Å². The fraction of sp³-hybridized carbons (Fsp3) is 0.783. The standard InChI is InChI=1S/C23H34O15/c1-10(27)32-17-15(7-24)6-23(9-26,21(17)36-14(5)31)38-22-20(35-13(4)30)19(34-12(3)29)18(33-11(2)28)16(8-25)37-22/h15-22,24-26H,6-9H2,1-5H3/t15?,16?,17-,18?,19?,20?,21+,22?,23-/m0/s1. The van der Waals surface area contributed by atoms with Gasteiger partial charge in [0.15, 0.2) is 30.7 Å². The van der Waals surface area contributed by atoms with Crippen LogP contribution in [0.3, 0.4) is 0 Å². The van der Waals surface area contributed by atoms with Gasteiger partial charge in [0.1, 0.15) is 17.8 Å². The molecule has 1 aliphatic carbocycles. The molecule has 38 heavy (non-hydrogen) atoms. The van der Waals surface area contributed by atoms with Crippen LogP contribution in [0.5, 0.6) is 0 Å². The van der Waals surface area contributed by atoms with Gasteiger partial charge < -0.3 is 48.5 Å². The topological polar surface area (TPSA) is 211 Å². The summed E-state index contributed by atoms with van der Waals surface area (Å²) in [5.74, 6) is -4.99. The van der Waals surface area contributed by atoms with Crippen LogP contribution < -0.4 is 0 Å². The second kappa shape index (κ2) is 13.3. The Morgan fingerprint density at radius 1 is 0.684 bits per heavy atom. The Bertz CT molecular complexity index is 890. The van der Waals surface area contributed by atoms with Gasteiger partial charge >= 0.3 is 29.8 Å². The van der Waals surface area contributed by atoms with Gasteiger partial charge in [0, 0.05) is 47.1 Å². The van der Waals surface area contributed by atoms with Gasteiger partial charge in [-0.05, 0) is 6.42 Å². The lowest BCUT2D eigenvalue weighted by Gasteiger charge is -2.46. The van der Waals surface area contributed by atoms with E-state index < -0.39 is 104 Å². The van der Waals surface area contributed by atoms with Crippen molar-refractivity contribution in [3.8, 4) is 0 Å². The molecule has 2 fully saturated rings. The quantitative estimate of drug-likeness (QED) is 0.201.